The Morgan fingerprint density at radius 1 is 1.12 bits per heavy atom. The maximum Gasteiger partial charge on any atom is 0.408 e. The molecular weight excluding hydrogens is 332 g/mol. The van der Waals surface area contributed by atoms with Crippen LogP contribution in [-0.4, -0.2) is 35.5 Å². The molecule has 0 spiro atoms. The van der Waals surface area contributed by atoms with E-state index in [4.69, 9.17) is 4.74 Å². The fourth-order valence-electron chi connectivity index (χ4n) is 2.16. The lowest BCUT2D eigenvalue weighted by molar-refractivity contribution is -0.123. The lowest BCUT2D eigenvalue weighted by atomic mass is 10.0. The lowest BCUT2D eigenvalue weighted by Crippen LogP contribution is -2.50. The van der Waals surface area contributed by atoms with Gasteiger partial charge in [-0.3, -0.25) is 9.59 Å². The van der Waals surface area contributed by atoms with Gasteiger partial charge < -0.3 is 15.4 Å². The van der Waals surface area contributed by atoms with E-state index in [1.165, 1.54) is 13.0 Å². The van der Waals surface area contributed by atoms with E-state index >= 15 is 0 Å². The molecule has 6 heteroatoms. The van der Waals surface area contributed by atoms with Crippen molar-refractivity contribution in [1.82, 2.24) is 10.6 Å². The van der Waals surface area contributed by atoms with Gasteiger partial charge >= 0.3 is 6.09 Å². The van der Waals surface area contributed by atoms with Gasteiger partial charge in [-0.15, -0.1) is 0 Å². The van der Waals surface area contributed by atoms with Crippen LogP contribution in [-0.2, 0) is 20.7 Å². The summed E-state index contributed by atoms with van der Waals surface area (Å²) in [4.78, 5) is 35.7. The Bertz CT molecular complexity index is 648. The Labute approximate surface area is 155 Å². The molecular formula is C20H28N2O4. The molecule has 0 aliphatic carbocycles. The molecule has 0 saturated heterocycles. The van der Waals surface area contributed by atoms with Crippen molar-refractivity contribution in [3.8, 4) is 0 Å². The minimum absolute atomic E-state index is 0.0983. The molecule has 0 saturated carbocycles. The highest BCUT2D eigenvalue weighted by Gasteiger charge is 2.25. The summed E-state index contributed by atoms with van der Waals surface area (Å²) in [5.41, 5.74) is 0.255. The van der Waals surface area contributed by atoms with E-state index in [1.807, 2.05) is 30.3 Å². The van der Waals surface area contributed by atoms with Crippen molar-refractivity contribution < 1.29 is 19.1 Å². The van der Waals surface area contributed by atoms with Gasteiger partial charge in [0, 0.05) is 12.5 Å². The largest absolute Gasteiger partial charge is 0.444 e. The summed E-state index contributed by atoms with van der Waals surface area (Å²) >= 11 is 0. The van der Waals surface area contributed by atoms with Gasteiger partial charge in [0.05, 0.1) is 0 Å². The average molecular weight is 360 g/mol. The zero-order valence-corrected chi connectivity index (χ0v) is 16.0. The number of hydrogen-bond acceptors (Lipinski definition) is 4. The average Bonchev–Trinajstić information content (AvgIpc) is 2.51. The number of nitrogens with one attached hydrogen (secondary N) is 2. The Morgan fingerprint density at radius 3 is 2.27 bits per heavy atom. The van der Waals surface area contributed by atoms with Crippen LogP contribution in [0.1, 0.15) is 40.2 Å². The van der Waals surface area contributed by atoms with Crippen molar-refractivity contribution in [1.29, 1.82) is 0 Å². The third-order valence-corrected chi connectivity index (χ3v) is 3.28. The summed E-state index contributed by atoms with van der Waals surface area (Å²) in [5, 5.41) is 5.40. The molecule has 0 radical (unpaired) electrons. The van der Waals surface area contributed by atoms with Crippen molar-refractivity contribution in [2.75, 3.05) is 0 Å². The molecule has 0 heterocycles. The van der Waals surface area contributed by atoms with E-state index < -0.39 is 17.7 Å². The van der Waals surface area contributed by atoms with Crippen LogP contribution in [0.3, 0.4) is 0 Å². The molecule has 2 N–H and O–H groups in total. The summed E-state index contributed by atoms with van der Waals surface area (Å²) in [6.45, 7) is 8.46. The molecule has 1 aromatic carbocycles. The first-order valence-corrected chi connectivity index (χ1v) is 8.59. The van der Waals surface area contributed by atoms with Crippen LogP contribution in [0, 0.1) is 0 Å². The Hall–Kier alpha value is -2.63. The maximum atomic E-state index is 12.6. The molecule has 0 aliphatic heterocycles. The van der Waals surface area contributed by atoms with Crippen molar-refractivity contribution in [3.63, 3.8) is 0 Å². The smallest absolute Gasteiger partial charge is 0.408 e. The first kappa shape index (κ1) is 21.4. The van der Waals surface area contributed by atoms with Crippen LogP contribution in [0.4, 0.5) is 4.79 Å². The molecule has 0 bridgehead atoms. The second-order valence-electron chi connectivity index (χ2n) is 7.16. The zero-order valence-electron chi connectivity index (χ0n) is 16.0. The van der Waals surface area contributed by atoms with E-state index in [-0.39, 0.29) is 17.7 Å². The summed E-state index contributed by atoms with van der Waals surface area (Å²) in [7, 11) is 0. The molecule has 2 unspecified atom stereocenters. The predicted molar refractivity (Wildman–Crippen MR) is 101 cm³/mol. The summed E-state index contributed by atoms with van der Waals surface area (Å²) in [6.07, 6.45) is 2.68. The Kier molecular flexibility index (Phi) is 8.03. The third kappa shape index (κ3) is 9.01. The van der Waals surface area contributed by atoms with Crippen molar-refractivity contribution >= 4 is 17.8 Å². The lowest BCUT2D eigenvalue weighted by Gasteiger charge is -2.24. The Balaban J connectivity index is 2.83. The van der Waals surface area contributed by atoms with Crippen molar-refractivity contribution in [2.45, 2.75) is 58.7 Å². The van der Waals surface area contributed by atoms with Crippen molar-refractivity contribution in [2.24, 2.45) is 0 Å². The monoisotopic (exact) mass is 360 g/mol. The first-order chi connectivity index (χ1) is 12.1. The fraction of sp³-hybridized carbons (Fsp3) is 0.450. The van der Waals surface area contributed by atoms with Crippen LogP contribution >= 0.6 is 0 Å². The number of ketones is 1. The molecule has 0 fully saturated rings. The van der Waals surface area contributed by atoms with E-state index in [0.717, 1.165) is 5.56 Å². The van der Waals surface area contributed by atoms with Crippen LogP contribution in [0.2, 0.25) is 0 Å². The maximum absolute atomic E-state index is 12.6. The van der Waals surface area contributed by atoms with Gasteiger partial charge in [0.15, 0.2) is 5.78 Å². The van der Waals surface area contributed by atoms with Crippen LogP contribution in [0.25, 0.3) is 0 Å². The van der Waals surface area contributed by atoms with Gasteiger partial charge in [-0.1, -0.05) is 36.4 Å². The highest BCUT2D eigenvalue weighted by molar-refractivity contribution is 5.88. The number of allylic oxidation sites excluding steroid dienone is 1. The van der Waals surface area contributed by atoms with Crippen LogP contribution in [0.5, 0.6) is 0 Å². The number of carbonyl (C=O) groups excluding carboxylic acids is 3. The molecule has 142 valence electrons. The molecule has 26 heavy (non-hydrogen) atoms. The summed E-state index contributed by atoms with van der Waals surface area (Å²) < 4.78 is 5.25. The van der Waals surface area contributed by atoms with Crippen LogP contribution in [0.15, 0.2) is 42.5 Å². The number of alkyl carbamates (subject to hydrolysis) is 1. The topological polar surface area (TPSA) is 84.5 Å². The fourth-order valence-corrected chi connectivity index (χ4v) is 2.16. The van der Waals surface area contributed by atoms with E-state index in [0.29, 0.717) is 6.42 Å². The van der Waals surface area contributed by atoms with E-state index in [1.54, 1.807) is 33.8 Å². The molecule has 0 aliphatic rings. The number of amides is 2. The molecule has 1 rings (SSSR count). The van der Waals surface area contributed by atoms with Gasteiger partial charge in [-0.25, -0.2) is 4.79 Å². The number of carbonyl (C=O) groups is 3. The van der Waals surface area contributed by atoms with E-state index in [9.17, 15) is 14.4 Å². The van der Waals surface area contributed by atoms with Crippen molar-refractivity contribution in [3.05, 3.63) is 48.0 Å². The highest BCUT2D eigenvalue weighted by atomic mass is 16.6. The van der Waals surface area contributed by atoms with Gasteiger partial charge in [-0.2, -0.15) is 0 Å². The second kappa shape index (κ2) is 9.75. The summed E-state index contributed by atoms with van der Waals surface area (Å²) in [5.74, 6) is -0.445. The van der Waals surface area contributed by atoms with Crippen LogP contribution < -0.4 is 10.6 Å². The zero-order chi connectivity index (χ0) is 19.7. The minimum Gasteiger partial charge on any atom is -0.444 e. The second-order valence-corrected chi connectivity index (χ2v) is 7.16. The van der Waals surface area contributed by atoms with Gasteiger partial charge in [0.25, 0.3) is 0 Å². The van der Waals surface area contributed by atoms with E-state index in [2.05, 4.69) is 10.6 Å². The quantitative estimate of drug-likeness (QED) is 0.732. The molecule has 0 aromatic heterocycles. The number of hydrogen-bond donors (Lipinski definition) is 2. The molecule has 2 atom stereocenters. The van der Waals surface area contributed by atoms with Gasteiger partial charge in [0.1, 0.15) is 11.6 Å². The highest BCUT2D eigenvalue weighted by Crippen LogP contribution is 2.09. The normalized spacial score (nSPS) is 13.7. The van der Waals surface area contributed by atoms with Gasteiger partial charge in [-0.05, 0) is 46.3 Å². The molecule has 6 nitrogen and oxygen atoms in total. The standard InChI is InChI=1S/C20H28N2O4/c1-14(11-12-15(2)23)21-18(24)17(13-16-9-7-6-8-10-16)22-19(25)26-20(3,4)5/h6-12,14,17H,13H2,1-5H3,(H,21,24)(H,22,25)/b12-11+. The molecule has 2 amide bonds. The minimum atomic E-state index is -0.791. The number of rotatable bonds is 7. The SMILES string of the molecule is CC(=O)/C=C/C(C)NC(=O)C(Cc1ccccc1)NC(=O)OC(C)(C)C. The first-order valence-electron chi connectivity index (χ1n) is 8.59. The summed E-state index contributed by atoms with van der Waals surface area (Å²) in [6, 6.07) is 8.26. The number of benzene rings is 1. The molecule has 1 aromatic rings. The Morgan fingerprint density at radius 2 is 1.73 bits per heavy atom. The number of ether oxygens (including phenoxy) is 1. The third-order valence-electron chi connectivity index (χ3n) is 3.28. The predicted octanol–water partition coefficient (Wildman–Crippen LogP) is 2.77. The van der Waals surface area contributed by atoms with Gasteiger partial charge in [0.2, 0.25) is 5.91 Å².